The van der Waals surface area contributed by atoms with Gasteiger partial charge in [0.05, 0.1) is 11.0 Å². The van der Waals surface area contributed by atoms with Crippen LogP contribution in [0, 0.1) is 6.92 Å². The molecule has 1 aromatic heterocycles. The Morgan fingerprint density at radius 3 is 2.13 bits per heavy atom. The second-order valence-electron chi connectivity index (χ2n) is 5.78. The summed E-state index contributed by atoms with van der Waals surface area (Å²) in [6.07, 6.45) is -0.689. The second-order valence-corrected chi connectivity index (χ2v) is 5.78. The van der Waals surface area contributed by atoms with Crippen LogP contribution >= 0.6 is 0 Å². The standard InChI is InChI=1S/C19H22N2O2/c1-4-20-16-11-13(3)15(12-17(16)21(5-2)19(20)23)18(22)14-9-7-6-8-10-14/h6-12,18,22H,4-5H2,1-3H3. The molecule has 3 rings (SSSR count). The maximum atomic E-state index is 12.5. The second kappa shape index (κ2) is 6.05. The molecule has 120 valence electrons. The number of nitrogens with zero attached hydrogens (tertiary/aromatic N) is 2. The molecular formula is C19H22N2O2. The monoisotopic (exact) mass is 310 g/mol. The average Bonchev–Trinajstić information content (AvgIpc) is 2.84. The van der Waals surface area contributed by atoms with Crippen LogP contribution in [0.2, 0.25) is 0 Å². The van der Waals surface area contributed by atoms with Gasteiger partial charge in [-0.15, -0.1) is 0 Å². The molecule has 23 heavy (non-hydrogen) atoms. The predicted octanol–water partition coefficient (Wildman–Crippen LogP) is 3.23. The molecule has 0 amide bonds. The van der Waals surface area contributed by atoms with Crippen molar-refractivity contribution in [3.05, 3.63) is 69.6 Å². The third-order valence-corrected chi connectivity index (χ3v) is 4.45. The highest BCUT2D eigenvalue weighted by molar-refractivity contribution is 5.78. The molecule has 4 nitrogen and oxygen atoms in total. The lowest BCUT2D eigenvalue weighted by Gasteiger charge is -2.15. The molecule has 1 atom stereocenters. The molecule has 0 saturated heterocycles. The largest absolute Gasteiger partial charge is 0.384 e. The van der Waals surface area contributed by atoms with Gasteiger partial charge in [0.25, 0.3) is 0 Å². The summed E-state index contributed by atoms with van der Waals surface area (Å²) >= 11 is 0. The molecule has 3 aromatic rings. The summed E-state index contributed by atoms with van der Waals surface area (Å²) in [5, 5.41) is 10.7. The number of aromatic nitrogens is 2. The van der Waals surface area contributed by atoms with E-state index in [1.54, 1.807) is 9.13 Å². The molecule has 0 aliphatic rings. The summed E-state index contributed by atoms with van der Waals surface area (Å²) in [5.41, 5.74) is 4.52. The van der Waals surface area contributed by atoms with Crippen molar-refractivity contribution < 1.29 is 5.11 Å². The van der Waals surface area contributed by atoms with Crippen molar-refractivity contribution in [2.24, 2.45) is 0 Å². The van der Waals surface area contributed by atoms with E-state index >= 15 is 0 Å². The van der Waals surface area contributed by atoms with Crippen molar-refractivity contribution in [1.82, 2.24) is 9.13 Å². The predicted molar refractivity (Wildman–Crippen MR) is 92.8 cm³/mol. The van der Waals surface area contributed by atoms with E-state index in [-0.39, 0.29) is 5.69 Å². The zero-order valence-electron chi connectivity index (χ0n) is 13.8. The Bertz CT molecular complexity index is 891. The van der Waals surface area contributed by atoms with Crippen molar-refractivity contribution in [2.45, 2.75) is 40.0 Å². The molecule has 4 heteroatoms. The Hall–Kier alpha value is -2.33. The van der Waals surface area contributed by atoms with E-state index in [4.69, 9.17) is 0 Å². The summed E-state index contributed by atoms with van der Waals surface area (Å²) in [6, 6.07) is 13.6. The number of aryl methyl sites for hydroxylation is 3. The van der Waals surface area contributed by atoms with Crippen molar-refractivity contribution in [2.75, 3.05) is 0 Å². The number of imidazole rings is 1. The first-order valence-electron chi connectivity index (χ1n) is 8.05. The van der Waals surface area contributed by atoms with Gasteiger partial charge in [0.15, 0.2) is 0 Å². The van der Waals surface area contributed by atoms with Crippen LogP contribution in [0.1, 0.15) is 36.6 Å². The smallest absolute Gasteiger partial charge is 0.329 e. The first-order chi connectivity index (χ1) is 11.1. The Labute approximate surface area is 135 Å². The maximum absolute atomic E-state index is 12.5. The number of fused-ring (bicyclic) bond motifs is 1. The van der Waals surface area contributed by atoms with Crippen molar-refractivity contribution in [3.8, 4) is 0 Å². The van der Waals surface area contributed by atoms with Gasteiger partial charge in [-0.05, 0) is 49.6 Å². The number of benzene rings is 2. The Morgan fingerprint density at radius 2 is 1.57 bits per heavy atom. The summed E-state index contributed by atoms with van der Waals surface area (Å²) in [5.74, 6) is 0. The Morgan fingerprint density at radius 1 is 1.00 bits per heavy atom. The van der Waals surface area contributed by atoms with E-state index < -0.39 is 6.10 Å². The number of hydrogen-bond acceptors (Lipinski definition) is 2. The highest BCUT2D eigenvalue weighted by Crippen LogP contribution is 2.28. The summed E-state index contributed by atoms with van der Waals surface area (Å²) in [7, 11) is 0. The molecule has 0 saturated carbocycles. The Balaban J connectivity index is 2.24. The van der Waals surface area contributed by atoms with Gasteiger partial charge in [0.2, 0.25) is 0 Å². The molecule has 0 fully saturated rings. The minimum absolute atomic E-state index is 0.00995. The van der Waals surface area contributed by atoms with Crippen LogP contribution in [0.3, 0.4) is 0 Å². The highest BCUT2D eigenvalue weighted by Gasteiger charge is 2.18. The van der Waals surface area contributed by atoms with Crippen LogP contribution in [-0.2, 0) is 13.1 Å². The average molecular weight is 310 g/mol. The summed E-state index contributed by atoms with van der Waals surface area (Å²) in [6.45, 7) is 7.18. The molecule has 1 unspecified atom stereocenters. The lowest BCUT2D eigenvalue weighted by Crippen LogP contribution is -2.23. The van der Waals surface area contributed by atoms with Crippen molar-refractivity contribution in [3.63, 3.8) is 0 Å². The SMILES string of the molecule is CCn1c(=O)n(CC)c2cc(C(O)c3ccccc3)c(C)cc21. The minimum Gasteiger partial charge on any atom is -0.384 e. The van der Waals surface area contributed by atoms with E-state index in [9.17, 15) is 9.90 Å². The fourth-order valence-corrected chi connectivity index (χ4v) is 3.20. The van der Waals surface area contributed by atoms with Gasteiger partial charge < -0.3 is 5.11 Å². The van der Waals surface area contributed by atoms with Gasteiger partial charge in [0.1, 0.15) is 6.10 Å². The third-order valence-electron chi connectivity index (χ3n) is 4.45. The van der Waals surface area contributed by atoms with Gasteiger partial charge in [-0.2, -0.15) is 0 Å². The van der Waals surface area contributed by atoms with Crippen LogP contribution in [0.4, 0.5) is 0 Å². The van der Waals surface area contributed by atoms with Crippen LogP contribution in [0.25, 0.3) is 11.0 Å². The van der Waals surface area contributed by atoms with E-state index in [0.717, 1.165) is 27.7 Å². The van der Waals surface area contributed by atoms with Gasteiger partial charge >= 0.3 is 5.69 Å². The topological polar surface area (TPSA) is 47.2 Å². The molecular weight excluding hydrogens is 288 g/mol. The van der Waals surface area contributed by atoms with Crippen LogP contribution < -0.4 is 5.69 Å². The normalized spacial score (nSPS) is 12.7. The Kier molecular flexibility index (Phi) is 4.09. The number of aliphatic hydroxyl groups excluding tert-OH is 1. The minimum atomic E-state index is -0.689. The van der Waals surface area contributed by atoms with Gasteiger partial charge in [0, 0.05) is 13.1 Å². The van der Waals surface area contributed by atoms with E-state index in [0.29, 0.717) is 13.1 Å². The maximum Gasteiger partial charge on any atom is 0.329 e. The zero-order chi connectivity index (χ0) is 16.6. The lowest BCUT2D eigenvalue weighted by molar-refractivity contribution is 0.219. The lowest BCUT2D eigenvalue weighted by atomic mass is 9.97. The fourth-order valence-electron chi connectivity index (χ4n) is 3.20. The van der Waals surface area contributed by atoms with Gasteiger partial charge in [-0.1, -0.05) is 30.3 Å². The van der Waals surface area contributed by atoms with Crippen LogP contribution in [-0.4, -0.2) is 14.2 Å². The molecule has 1 heterocycles. The van der Waals surface area contributed by atoms with E-state index in [1.807, 2.05) is 63.2 Å². The van der Waals surface area contributed by atoms with Crippen LogP contribution in [0.5, 0.6) is 0 Å². The van der Waals surface area contributed by atoms with E-state index in [1.165, 1.54) is 0 Å². The molecule has 2 aromatic carbocycles. The fraction of sp³-hybridized carbons (Fsp3) is 0.316. The number of rotatable bonds is 4. The highest BCUT2D eigenvalue weighted by atomic mass is 16.3. The molecule has 0 spiro atoms. The first kappa shape index (κ1) is 15.6. The number of hydrogen-bond donors (Lipinski definition) is 1. The van der Waals surface area contributed by atoms with Gasteiger partial charge in [-0.3, -0.25) is 9.13 Å². The molecule has 0 aliphatic heterocycles. The number of aliphatic hydroxyl groups is 1. The first-order valence-corrected chi connectivity index (χ1v) is 8.05. The quantitative estimate of drug-likeness (QED) is 0.804. The van der Waals surface area contributed by atoms with E-state index in [2.05, 4.69) is 0 Å². The third kappa shape index (κ3) is 2.49. The van der Waals surface area contributed by atoms with Crippen molar-refractivity contribution in [1.29, 1.82) is 0 Å². The van der Waals surface area contributed by atoms with Crippen molar-refractivity contribution >= 4 is 11.0 Å². The van der Waals surface area contributed by atoms with Crippen LogP contribution in [0.15, 0.2) is 47.3 Å². The zero-order valence-corrected chi connectivity index (χ0v) is 13.8. The molecule has 1 N–H and O–H groups in total. The summed E-state index contributed by atoms with van der Waals surface area (Å²) in [4.78, 5) is 12.5. The molecule has 0 radical (unpaired) electrons. The molecule has 0 bridgehead atoms. The van der Waals surface area contributed by atoms with Gasteiger partial charge in [-0.25, -0.2) is 4.79 Å². The molecule has 0 aliphatic carbocycles. The summed E-state index contributed by atoms with van der Waals surface area (Å²) < 4.78 is 3.55.